The van der Waals surface area contributed by atoms with E-state index in [2.05, 4.69) is 10.6 Å². The van der Waals surface area contributed by atoms with Gasteiger partial charge in [0.15, 0.2) is 5.75 Å². The summed E-state index contributed by atoms with van der Waals surface area (Å²) in [5, 5.41) is 17.3. The van der Waals surface area contributed by atoms with Crippen molar-refractivity contribution < 1.29 is 14.7 Å². The molecule has 0 saturated carbocycles. The second kappa shape index (κ2) is 8.43. The number of amides is 2. The molecular formula is C26H23N3O3. The Morgan fingerprint density at radius 1 is 0.750 bits per heavy atom. The molecule has 160 valence electrons. The first-order chi connectivity index (χ1) is 15.3. The van der Waals surface area contributed by atoms with Crippen LogP contribution in [0, 0.1) is 13.8 Å². The van der Waals surface area contributed by atoms with E-state index in [0.29, 0.717) is 27.7 Å². The van der Waals surface area contributed by atoms with Gasteiger partial charge < -0.3 is 21.5 Å². The Morgan fingerprint density at radius 3 is 1.84 bits per heavy atom. The topological polar surface area (TPSA) is 104 Å². The standard InChI is InChI=1S/C26H23N3O3/c1-15-3-8-19(9-4-15)28-25(31)17-7-12-21-18(13-17)14-22(24(30)23(21)27)26(32)29-20-10-5-16(2)6-11-20/h3-14,30H,27H2,1-2H3,(H,28,31)(H,29,32). The lowest BCUT2D eigenvalue weighted by molar-refractivity contribution is 0.101. The summed E-state index contributed by atoms with van der Waals surface area (Å²) in [6.07, 6.45) is 0. The van der Waals surface area contributed by atoms with Crippen LogP contribution in [0.4, 0.5) is 17.1 Å². The molecule has 0 spiro atoms. The van der Waals surface area contributed by atoms with Gasteiger partial charge in [0, 0.05) is 22.3 Å². The Balaban J connectivity index is 1.65. The maximum atomic E-state index is 12.8. The third-order valence-electron chi connectivity index (χ3n) is 5.28. The fourth-order valence-corrected chi connectivity index (χ4v) is 3.41. The first-order valence-electron chi connectivity index (χ1n) is 10.1. The number of benzene rings is 4. The number of anilines is 3. The Hall–Kier alpha value is -4.32. The minimum atomic E-state index is -0.491. The molecule has 4 aromatic carbocycles. The highest BCUT2D eigenvalue weighted by atomic mass is 16.3. The van der Waals surface area contributed by atoms with Crippen LogP contribution in [0.5, 0.6) is 5.75 Å². The summed E-state index contributed by atoms with van der Waals surface area (Å²) in [4.78, 5) is 25.5. The SMILES string of the molecule is Cc1ccc(NC(=O)c2ccc3c(N)c(O)c(C(=O)Nc4ccc(C)cc4)cc3c2)cc1. The van der Waals surface area contributed by atoms with Gasteiger partial charge in [0.1, 0.15) is 0 Å². The number of phenols is 1. The van der Waals surface area contributed by atoms with E-state index in [1.54, 1.807) is 30.3 Å². The molecule has 0 aromatic heterocycles. The average molecular weight is 425 g/mol. The van der Waals surface area contributed by atoms with Gasteiger partial charge >= 0.3 is 0 Å². The molecule has 0 unspecified atom stereocenters. The van der Waals surface area contributed by atoms with Gasteiger partial charge in [-0.25, -0.2) is 0 Å². The molecular weight excluding hydrogens is 402 g/mol. The number of rotatable bonds is 4. The fraction of sp³-hybridized carbons (Fsp3) is 0.0769. The molecule has 0 aliphatic heterocycles. The van der Waals surface area contributed by atoms with Crippen LogP contribution in [0.25, 0.3) is 10.8 Å². The molecule has 4 rings (SSSR count). The van der Waals surface area contributed by atoms with E-state index >= 15 is 0 Å². The van der Waals surface area contributed by atoms with Gasteiger partial charge in [-0.3, -0.25) is 9.59 Å². The highest BCUT2D eigenvalue weighted by molar-refractivity contribution is 6.13. The van der Waals surface area contributed by atoms with Crippen LogP contribution >= 0.6 is 0 Å². The zero-order chi connectivity index (χ0) is 22.8. The van der Waals surface area contributed by atoms with Crippen molar-refractivity contribution in [2.24, 2.45) is 0 Å². The van der Waals surface area contributed by atoms with Crippen molar-refractivity contribution in [1.82, 2.24) is 0 Å². The lowest BCUT2D eigenvalue weighted by Crippen LogP contribution is -2.13. The van der Waals surface area contributed by atoms with Crippen molar-refractivity contribution >= 4 is 39.6 Å². The number of nitrogen functional groups attached to an aromatic ring is 1. The molecule has 0 bridgehead atoms. The van der Waals surface area contributed by atoms with Crippen LogP contribution in [0.3, 0.4) is 0 Å². The second-order valence-corrected chi connectivity index (χ2v) is 7.76. The molecule has 6 nitrogen and oxygen atoms in total. The van der Waals surface area contributed by atoms with Crippen LogP contribution in [0.2, 0.25) is 0 Å². The molecule has 0 atom stereocenters. The van der Waals surface area contributed by atoms with Crippen molar-refractivity contribution in [2.45, 2.75) is 13.8 Å². The number of carbonyl (C=O) groups excluding carboxylic acids is 2. The molecule has 0 fully saturated rings. The summed E-state index contributed by atoms with van der Waals surface area (Å²) in [5.74, 6) is -1.07. The minimum Gasteiger partial charge on any atom is -0.505 e. The lowest BCUT2D eigenvalue weighted by atomic mass is 10.0. The Morgan fingerprint density at radius 2 is 1.28 bits per heavy atom. The predicted molar refractivity (Wildman–Crippen MR) is 128 cm³/mol. The van der Waals surface area contributed by atoms with Crippen molar-refractivity contribution in [3.63, 3.8) is 0 Å². The Bertz CT molecular complexity index is 1330. The monoisotopic (exact) mass is 425 g/mol. The van der Waals surface area contributed by atoms with Gasteiger partial charge in [0.25, 0.3) is 11.8 Å². The van der Waals surface area contributed by atoms with Crippen molar-refractivity contribution in [1.29, 1.82) is 0 Å². The Labute approximate surface area is 185 Å². The number of nitrogens with one attached hydrogen (secondary N) is 2. The summed E-state index contributed by atoms with van der Waals surface area (Å²) in [5.41, 5.74) is 10.1. The summed E-state index contributed by atoms with van der Waals surface area (Å²) in [7, 11) is 0. The maximum absolute atomic E-state index is 12.8. The number of aromatic hydroxyl groups is 1. The number of nitrogens with two attached hydrogens (primary N) is 1. The zero-order valence-corrected chi connectivity index (χ0v) is 17.8. The predicted octanol–water partition coefficient (Wildman–Crippen LogP) is 5.25. The lowest BCUT2D eigenvalue weighted by Gasteiger charge is -2.13. The smallest absolute Gasteiger partial charge is 0.259 e. The summed E-state index contributed by atoms with van der Waals surface area (Å²) in [6.45, 7) is 3.93. The molecule has 5 N–H and O–H groups in total. The largest absolute Gasteiger partial charge is 0.505 e. The van der Waals surface area contributed by atoms with Crippen LogP contribution in [-0.4, -0.2) is 16.9 Å². The van der Waals surface area contributed by atoms with Crippen LogP contribution in [0.15, 0.2) is 72.8 Å². The normalized spacial score (nSPS) is 10.7. The van der Waals surface area contributed by atoms with E-state index in [1.807, 2.05) is 50.2 Å². The number of carbonyl (C=O) groups is 2. The summed E-state index contributed by atoms with van der Waals surface area (Å²) >= 11 is 0. The summed E-state index contributed by atoms with van der Waals surface area (Å²) in [6, 6.07) is 21.3. The van der Waals surface area contributed by atoms with E-state index < -0.39 is 5.91 Å². The van der Waals surface area contributed by atoms with Crippen molar-refractivity contribution in [2.75, 3.05) is 16.4 Å². The van der Waals surface area contributed by atoms with Gasteiger partial charge in [-0.15, -0.1) is 0 Å². The molecule has 0 aliphatic carbocycles. The minimum absolute atomic E-state index is 0.0340. The quantitative estimate of drug-likeness (QED) is 0.265. The number of fused-ring (bicyclic) bond motifs is 1. The van der Waals surface area contributed by atoms with Crippen LogP contribution in [0.1, 0.15) is 31.8 Å². The molecule has 0 aliphatic rings. The molecule has 2 amide bonds. The van der Waals surface area contributed by atoms with Crippen molar-refractivity contribution in [3.8, 4) is 5.75 Å². The fourth-order valence-electron chi connectivity index (χ4n) is 3.41. The third-order valence-corrected chi connectivity index (χ3v) is 5.28. The first kappa shape index (κ1) is 20.9. The maximum Gasteiger partial charge on any atom is 0.259 e. The molecule has 0 radical (unpaired) electrons. The third kappa shape index (κ3) is 4.25. The zero-order valence-electron chi connectivity index (χ0n) is 17.8. The molecule has 0 saturated heterocycles. The van der Waals surface area contributed by atoms with Crippen LogP contribution < -0.4 is 16.4 Å². The van der Waals surface area contributed by atoms with Gasteiger partial charge in [-0.1, -0.05) is 41.5 Å². The van der Waals surface area contributed by atoms with Gasteiger partial charge in [0.05, 0.1) is 11.3 Å². The van der Waals surface area contributed by atoms with E-state index in [4.69, 9.17) is 5.73 Å². The van der Waals surface area contributed by atoms with E-state index in [9.17, 15) is 14.7 Å². The molecule has 32 heavy (non-hydrogen) atoms. The van der Waals surface area contributed by atoms with Crippen LogP contribution in [-0.2, 0) is 0 Å². The second-order valence-electron chi connectivity index (χ2n) is 7.76. The van der Waals surface area contributed by atoms with Gasteiger partial charge in [-0.05, 0) is 61.7 Å². The highest BCUT2D eigenvalue weighted by Crippen LogP contribution is 2.34. The Kier molecular flexibility index (Phi) is 5.52. The van der Waals surface area contributed by atoms with E-state index in [1.165, 1.54) is 6.07 Å². The molecule has 0 heterocycles. The first-order valence-corrected chi connectivity index (χ1v) is 10.1. The number of aryl methyl sites for hydroxylation is 2. The van der Waals surface area contributed by atoms with Gasteiger partial charge in [0.2, 0.25) is 0 Å². The van der Waals surface area contributed by atoms with Crippen molar-refractivity contribution in [3.05, 3.63) is 95.1 Å². The van der Waals surface area contributed by atoms with E-state index in [-0.39, 0.29) is 22.9 Å². The summed E-state index contributed by atoms with van der Waals surface area (Å²) < 4.78 is 0. The average Bonchev–Trinajstić information content (AvgIpc) is 2.79. The van der Waals surface area contributed by atoms with E-state index in [0.717, 1.165) is 11.1 Å². The number of hydrogen-bond acceptors (Lipinski definition) is 4. The number of phenolic OH excluding ortho intramolecular Hbond substituents is 1. The molecule has 4 aromatic rings. The molecule has 6 heteroatoms. The highest BCUT2D eigenvalue weighted by Gasteiger charge is 2.18. The van der Waals surface area contributed by atoms with Gasteiger partial charge in [-0.2, -0.15) is 0 Å². The number of hydrogen-bond donors (Lipinski definition) is 4.